The number of nitriles is 1. The molecule has 6 heteroatoms. The van der Waals surface area contributed by atoms with Crippen LogP contribution in [0.15, 0.2) is 121 Å². The smallest absolute Gasteiger partial charge is 0.338 e. The predicted octanol–water partition coefficient (Wildman–Crippen LogP) is 7.99. The van der Waals surface area contributed by atoms with Gasteiger partial charge in [0.25, 0.3) is 0 Å². The molecule has 222 valence electrons. The van der Waals surface area contributed by atoms with E-state index in [1.165, 1.54) is 0 Å². The number of benzene rings is 4. The SMILES string of the molecule is CCc1c(C(=O)O)c(-c2ccc(C#N)cc2)c(C)n1Cc1nn(C(c2ccccc2)(c2ccccc2)c2ccccc2)cc1C. The zero-order valence-corrected chi connectivity index (χ0v) is 25.6. The molecule has 0 aliphatic rings. The van der Waals surface area contributed by atoms with Crippen molar-refractivity contribution in [1.82, 2.24) is 14.3 Å². The van der Waals surface area contributed by atoms with Gasteiger partial charge in [0.1, 0.15) is 5.54 Å². The van der Waals surface area contributed by atoms with Crippen LogP contribution in [0.4, 0.5) is 0 Å². The molecule has 0 fully saturated rings. The summed E-state index contributed by atoms with van der Waals surface area (Å²) >= 11 is 0. The van der Waals surface area contributed by atoms with Crippen LogP contribution in [0.2, 0.25) is 0 Å². The average molecular weight is 591 g/mol. The molecule has 2 aromatic heterocycles. The van der Waals surface area contributed by atoms with E-state index < -0.39 is 11.5 Å². The Morgan fingerprint density at radius 1 is 0.822 bits per heavy atom. The second kappa shape index (κ2) is 12.1. The Morgan fingerprint density at radius 2 is 1.33 bits per heavy atom. The molecule has 0 radical (unpaired) electrons. The highest BCUT2D eigenvalue weighted by atomic mass is 16.4. The first kappa shape index (κ1) is 29.4. The molecule has 0 spiro atoms. The molecular formula is C39H34N4O2. The molecule has 0 aliphatic carbocycles. The summed E-state index contributed by atoms with van der Waals surface area (Å²) in [5.41, 5.74) is 8.24. The van der Waals surface area contributed by atoms with Gasteiger partial charge in [0, 0.05) is 23.1 Å². The minimum Gasteiger partial charge on any atom is -0.478 e. The molecular weight excluding hydrogens is 556 g/mol. The van der Waals surface area contributed by atoms with Crippen LogP contribution in [0.1, 0.15) is 62.2 Å². The molecule has 0 saturated carbocycles. The number of carboxylic acids is 1. The summed E-state index contributed by atoms with van der Waals surface area (Å²) < 4.78 is 4.16. The van der Waals surface area contributed by atoms with Gasteiger partial charge in [0.05, 0.1) is 29.4 Å². The lowest BCUT2D eigenvalue weighted by molar-refractivity contribution is 0.0696. The summed E-state index contributed by atoms with van der Waals surface area (Å²) in [6, 6.07) is 40.5. The van der Waals surface area contributed by atoms with E-state index in [0.29, 0.717) is 29.7 Å². The summed E-state index contributed by atoms with van der Waals surface area (Å²) in [4.78, 5) is 12.7. The summed E-state index contributed by atoms with van der Waals surface area (Å²) in [5, 5.41) is 25.0. The van der Waals surface area contributed by atoms with Crippen molar-refractivity contribution in [3.05, 3.63) is 172 Å². The van der Waals surface area contributed by atoms with Gasteiger partial charge in [-0.1, -0.05) is 110 Å². The van der Waals surface area contributed by atoms with Gasteiger partial charge in [-0.15, -0.1) is 0 Å². The van der Waals surface area contributed by atoms with Crippen molar-refractivity contribution in [3.63, 3.8) is 0 Å². The molecule has 6 nitrogen and oxygen atoms in total. The van der Waals surface area contributed by atoms with E-state index in [-0.39, 0.29) is 0 Å². The molecule has 0 unspecified atom stereocenters. The van der Waals surface area contributed by atoms with Crippen LogP contribution in [0.5, 0.6) is 0 Å². The fourth-order valence-corrected chi connectivity index (χ4v) is 6.58. The molecule has 0 bridgehead atoms. The monoisotopic (exact) mass is 590 g/mol. The number of hydrogen-bond donors (Lipinski definition) is 1. The molecule has 6 aromatic rings. The van der Waals surface area contributed by atoms with Gasteiger partial charge < -0.3 is 9.67 Å². The molecule has 45 heavy (non-hydrogen) atoms. The van der Waals surface area contributed by atoms with Crippen LogP contribution < -0.4 is 0 Å². The number of aryl methyl sites for hydroxylation is 1. The highest BCUT2D eigenvalue weighted by Gasteiger charge is 2.39. The Morgan fingerprint density at radius 3 is 1.78 bits per heavy atom. The molecule has 0 saturated heterocycles. The fraction of sp³-hybridized carbons (Fsp3) is 0.154. The average Bonchev–Trinajstić information content (AvgIpc) is 3.59. The highest BCUT2D eigenvalue weighted by Crippen LogP contribution is 2.41. The van der Waals surface area contributed by atoms with E-state index >= 15 is 0 Å². The quantitative estimate of drug-likeness (QED) is 0.173. The van der Waals surface area contributed by atoms with E-state index in [1.54, 1.807) is 12.1 Å². The summed E-state index contributed by atoms with van der Waals surface area (Å²) in [6.45, 7) is 6.43. The highest BCUT2D eigenvalue weighted by molar-refractivity contribution is 5.98. The maximum absolute atomic E-state index is 12.7. The third kappa shape index (κ3) is 5.03. The van der Waals surface area contributed by atoms with Gasteiger partial charge in [-0.2, -0.15) is 10.4 Å². The van der Waals surface area contributed by atoms with Gasteiger partial charge in [-0.3, -0.25) is 4.68 Å². The van der Waals surface area contributed by atoms with Gasteiger partial charge in [0.15, 0.2) is 0 Å². The van der Waals surface area contributed by atoms with Gasteiger partial charge in [-0.25, -0.2) is 4.79 Å². The van der Waals surface area contributed by atoms with Crippen LogP contribution in [0.3, 0.4) is 0 Å². The first-order valence-corrected chi connectivity index (χ1v) is 15.1. The molecule has 4 aromatic carbocycles. The van der Waals surface area contributed by atoms with Crippen molar-refractivity contribution in [3.8, 4) is 17.2 Å². The van der Waals surface area contributed by atoms with E-state index in [4.69, 9.17) is 5.10 Å². The number of carbonyl (C=O) groups is 1. The maximum atomic E-state index is 12.7. The minimum absolute atomic E-state index is 0.295. The van der Waals surface area contributed by atoms with Crippen molar-refractivity contribution < 1.29 is 9.90 Å². The number of rotatable bonds is 9. The number of hydrogen-bond acceptors (Lipinski definition) is 3. The van der Waals surface area contributed by atoms with Crippen molar-refractivity contribution in [2.45, 2.75) is 39.3 Å². The second-order valence-corrected chi connectivity index (χ2v) is 11.2. The Bertz CT molecular complexity index is 1900. The van der Waals surface area contributed by atoms with Crippen LogP contribution in [-0.2, 0) is 18.5 Å². The Kier molecular flexibility index (Phi) is 7.93. The van der Waals surface area contributed by atoms with E-state index in [2.05, 4.69) is 101 Å². The predicted molar refractivity (Wildman–Crippen MR) is 176 cm³/mol. The second-order valence-electron chi connectivity index (χ2n) is 11.2. The third-order valence-corrected chi connectivity index (χ3v) is 8.71. The maximum Gasteiger partial charge on any atom is 0.338 e. The van der Waals surface area contributed by atoms with Crippen molar-refractivity contribution in [2.75, 3.05) is 0 Å². The lowest BCUT2D eigenvalue weighted by atomic mass is 9.77. The first-order valence-electron chi connectivity index (χ1n) is 15.1. The van der Waals surface area contributed by atoms with Crippen LogP contribution in [-0.4, -0.2) is 25.4 Å². The topological polar surface area (TPSA) is 83.8 Å². The molecule has 0 aliphatic heterocycles. The number of aromatic carboxylic acids is 1. The number of aromatic nitrogens is 3. The summed E-state index contributed by atoms with van der Waals surface area (Å²) in [5.74, 6) is -0.966. The van der Waals surface area contributed by atoms with Gasteiger partial charge >= 0.3 is 5.97 Å². The standard InChI is InChI=1S/C39H34N4O2/c1-4-35-37(38(44)45)36(30-22-20-29(24-40)21-23-30)28(3)42(35)26-34-27(2)25-43(41-34)39(31-14-8-5-9-15-31,32-16-10-6-11-17-32)33-18-12-7-13-19-33/h5-23,25H,4,26H2,1-3H3,(H,44,45). The van der Waals surface area contributed by atoms with E-state index in [1.807, 2.05) is 44.2 Å². The molecule has 0 amide bonds. The fourth-order valence-electron chi connectivity index (χ4n) is 6.58. The zero-order chi connectivity index (χ0) is 31.6. The van der Waals surface area contributed by atoms with E-state index in [9.17, 15) is 15.2 Å². The van der Waals surface area contributed by atoms with Gasteiger partial charge in [-0.05, 0) is 60.2 Å². The van der Waals surface area contributed by atoms with Gasteiger partial charge in [0.2, 0.25) is 0 Å². The molecule has 0 atom stereocenters. The first-order chi connectivity index (χ1) is 21.9. The summed E-state index contributed by atoms with van der Waals surface area (Å²) in [6.07, 6.45) is 2.65. The van der Waals surface area contributed by atoms with E-state index in [0.717, 1.165) is 44.9 Å². The van der Waals surface area contributed by atoms with Crippen LogP contribution in [0, 0.1) is 25.2 Å². The largest absolute Gasteiger partial charge is 0.478 e. The number of nitrogens with zero attached hydrogens (tertiary/aromatic N) is 4. The third-order valence-electron chi connectivity index (χ3n) is 8.71. The normalized spacial score (nSPS) is 11.3. The molecule has 1 N–H and O–H groups in total. The molecule has 2 heterocycles. The lowest BCUT2D eigenvalue weighted by Gasteiger charge is -2.36. The van der Waals surface area contributed by atoms with Crippen LogP contribution in [0.25, 0.3) is 11.1 Å². The van der Waals surface area contributed by atoms with Crippen molar-refractivity contribution in [1.29, 1.82) is 5.26 Å². The van der Waals surface area contributed by atoms with Crippen molar-refractivity contribution in [2.24, 2.45) is 0 Å². The minimum atomic E-state index is -0.966. The lowest BCUT2D eigenvalue weighted by Crippen LogP contribution is -2.38. The summed E-state index contributed by atoms with van der Waals surface area (Å²) in [7, 11) is 0. The Balaban J connectivity index is 1.55. The number of carboxylic acid groups (broad SMARTS) is 1. The van der Waals surface area contributed by atoms with Crippen LogP contribution >= 0.6 is 0 Å². The molecule has 6 rings (SSSR count). The zero-order valence-electron chi connectivity index (χ0n) is 25.6. The van der Waals surface area contributed by atoms with Crippen molar-refractivity contribution >= 4 is 5.97 Å². The Hall–Kier alpha value is -5.67. The Labute approximate surface area is 263 Å².